The number of hydrogen-bond donors (Lipinski definition) is 1. The van der Waals surface area contributed by atoms with Crippen LogP contribution in [0.4, 0.5) is 0 Å². The third-order valence-corrected chi connectivity index (χ3v) is 3.48. The molecule has 0 aromatic rings. The van der Waals surface area contributed by atoms with Gasteiger partial charge in [0.1, 0.15) is 0 Å². The van der Waals surface area contributed by atoms with Crippen molar-refractivity contribution in [3.63, 3.8) is 0 Å². The van der Waals surface area contributed by atoms with Gasteiger partial charge < -0.3 is 14.7 Å². The van der Waals surface area contributed by atoms with Crippen molar-refractivity contribution in [3.8, 4) is 0 Å². The van der Waals surface area contributed by atoms with Crippen molar-refractivity contribution in [1.82, 2.24) is 4.90 Å². The first-order valence-corrected chi connectivity index (χ1v) is 5.93. The second kappa shape index (κ2) is 4.87. The van der Waals surface area contributed by atoms with E-state index in [2.05, 4.69) is 0 Å². The molecular formula is C12H17NO4. The van der Waals surface area contributed by atoms with Crippen molar-refractivity contribution < 1.29 is 19.4 Å². The minimum Gasteiger partial charge on any atom is -0.478 e. The minimum absolute atomic E-state index is 0.211. The van der Waals surface area contributed by atoms with Crippen molar-refractivity contribution in [1.29, 1.82) is 0 Å². The second-order valence-electron chi connectivity index (χ2n) is 4.59. The summed E-state index contributed by atoms with van der Waals surface area (Å²) in [6.45, 7) is 4.06. The summed E-state index contributed by atoms with van der Waals surface area (Å²) in [5, 5.41) is 8.46. The van der Waals surface area contributed by atoms with Crippen LogP contribution in [0.25, 0.3) is 0 Å². The average molecular weight is 239 g/mol. The normalized spacial score (nSPS) is 31.4. The topological polar surface area (TPSA) is 66.8 Å². The lowest BCUT2D eigenvalue weighted by Gasteiger charge is -2.52. The fourth-order valence-corrected chi connectivity index (χ4v) is 2.74. The van der Waals surface area contributed by atoms with Crippen LogP contribution in [0.15, 0.2) is 12.2 Å². The quantitative estimate of drug-likeness (QED) is 0.726. The number of hydrogen-bond acceptors (Lipinski definition) is 3. The van der Waals surface area contributed by atoms with Gasteiger partial charge in [-0.05, 0) is 13.3 Å². The molecule has 3 rings (SSSR count). The molecule has 3 fully saturated rings. The van der Waals surface area contributed by atoms with Gasteiger partial charge >= 0.3 is 5.97 Å². The van der Waals surface area contributed by atoms with Crippen molar-refractivity contribution in [2.24, 2.45) is 11.8 Å². The Balaban J connectivity index is 1.87. The van der Waals surface area contributed by atoms with Gasteiger partial charge in [0.2, 0.25) is 5.91 Å². The van der Waals surface area contributed by atoms with Crippen LogP contribution >= 0.6 is 0 Å². The van der Waals surface area contributed by atoms with Crippen LogP contribution in [0.2, 0.25) is 0 Å². The van der Waals surface area contributed by atoms with Crippen LogP contribution < -0.4 is 0 Å². The van der Waals surface area contributed by atoms with E-state index < -0.39 is 5.97 Å². The summed E-state index contributed by atoms with van der Waals surface area (Å²) in [4.78, 5) is 23.7. The maximum Gasteiger partial charge on any atom is 0.328 e. The number of carbonyl (C=O) groups is 2. The van der Waals surface area contributed by atoms with E-state index in [4.69, 9.17) is 9.84 Å². The van der Waals surface area contributed by atoms with Crippen LogP contribution in [0, 0.1) is 11.8 Å². The SMILES string of the molecule is CCOC1[C@H]2C[C@H]1CN(C(=O)/C=C/C(=O)O)C2. The summed E-state index contributed by atoms with van der Waals surface area (Å²) in [5.41, 5.74) is 0. The Hall–Kier alpha value is -1.36. The molecule has 0 radical (unpaired) electrons. The Labute approximate surface area is 100 Å². The Morgan fingerprint density at radius 2 is 2.00 bits per heavy atom. The van der Waals surface area contributed by atoms with E-state index in [0.29, 0.717) is 37.6 Å². The monoisotopic (exact) mass is 239 g/mol. The number of piperidine rings is 2. The summed E-state index contributed by atoms with van der Waals surface area (Å²) < 4.78 is 5.62. The lowest BCUT2D eigenvalue weighted by atomic mass is 9.68. The zero-order valence-corrected chi connectivity index (χ0v) is 9.83. The molecular weight excluding hydrogens is 222 g/mol. The van der Waals surface area contributed by atoms with Crippen molar-refractivity contribution in [2.45, 2.75) is 19.4 Å². The van der Waals surface area contributed by atoms with E-state index in [1.54, 1.807) is 4.90 Å². The summed E-state index contributed by atoms with van der Waals surface area (Å²) in [7, 11) is 0. The molecule has 2 aliphatic heterocycles. The lowest BCUT2D eigenvalue weighted by molar-refractivity contribution is -0.157. The predicted octanol–water partition coefficient (Wildman–Crippen LogP) is 0.511. The number of ether oxygens (including phenoxy) is 1. The number of fused-ring (bicyclic) bond motifs is 2. The summed E-state index contributed by atoms with van der Waals surface area (Å²) >= 11 is 0. The molecule has 0 aromatic carbocycles. The fourth-order valence-electron chi connectivity index (χ4n) is 2.74. The van der Waals surface area contributed by atoms with E-state index in [1.807, 2.05) is 6.92 Å². The lowest BCUT2D eigenvalue weighted by Crippen LogP contribution is -2.60. The van der Waals surface area contributed by atoms with Gasteiger partial charge in [-0.25, -0.2) is 4.79 Å². The van der Waals surface area contributed by atoms with Gasteiger partial charge in [-0.15, -0.1) is 0 Å². The molecule has 5 heteroatoms. The smallest absolute Gasteiger partial charge is 0.328 e. The van der Waals surface area contributed by atoms with Gasteiger partial charge in [-0.3, -0.25) is 4.79 Å². The van der Waals surface area contributed by atoms with Gasteiger partial charge in [0, 0.05) is 43.7 Å². The first-order chi connectivity index (χ1) is 8.11. The number of rotatable bonds is 4. The van der Waals surface area contributed by atoms with Crippen molar-refractivity contribution in [2.75, 3.05) is 19.7 Å². The highest BCUT2D eigenvalue weighted by Crippen LogP contribution is 2.42. The van der Waals surface area contributed by atoms with Gasteiger partial charge in [0.05, 0.1) is 6.10 Å². The molecule has 94 valence electrons. The highest BCUT2D eigenvalue weighted by atomic mass is 16.5. The zero-order chi connectivity index (χ0) is 12.4. The molecule has 0 aromatic heterocycles. The van der Waals surface area contributed by atoms with Gasteiger partial charge in [-0.2, -0.15) is 0 Å². The van der Waals surface area contributed by atoms with Crippen LogP contribution in [0.1, 0.15) is 13.3 Å². The molecule has 1 N–H and O–H groups in total. The average Bonchev–Trinajstić information content (AvgIpc) is 2.33. The van der Waals surface area contributed by atoms with Crippen LogP contribution in [-0.2, 0) is 14.3 Å². The highest BCUT2D eigenvalue weighted by molar-refractivity contribution is 5.94. The first-order valence-electron chi connectivity index (χ1n) is 5.93. The van der Waals surface area contributed by atoms with E-state index >= 15 is 0 Å². The second-order valence-corrected chi connectivity index (χ2v) is 4.59. The Morgan fingerprint density at radius 1 is 1.35 bits per heavy atom. The molecule has 2 atom stereocenters. The largest absolute Gasteiger partial charge is 0.478 e. The molecule has 2 saturated heterocycles. The number of aliphatic carboxylic acids is 1. The maximum atomic E-state index is 11.7. The third-order valence-electron chi connectivity index (χ3n) is 3.48. The molecule has 0 unspecified atom stereocenters. The Morgan fingerprint density at radius 3 is 2.53 bits per heavy atom. The van der Waals surface area contributed by atoms with E-state index in [1.165, 1.54) is 0 Å². The van der Waals surface area contributed by atoms with Gasteiger partial charge in [0.15, 0.2) is 0 Å². The zero-order valence-electron chi connectivity index (χ0n) is 9.83. The number of carboxylic acids is 1. The fraction of sp³-hybridized carbons (Fsp3) is 0.667. The molecule has 0 spiro atoms. The van der Waals surface area contributed by atoms with Crippen LogP contribution in [0.5, 0.6) is 0 Å². The summed E-state index contributed by atoms with van der Waals surface area (Å²) in [5.74, 6) is -0.448. The third kappa shape index (κ3) is 2.49. The van der Waals surface area contributed by atoms with E-state index in [-0.39, 0.29) is 5.91 Å². The van der Waals surface area contributed by atoms with Crippen molar-refractivity contribution in [3.05, 3.63) is 12.2 Å². The van der Waals surface area contributed by atoms with E-state index in [9.17, 15) is 9.59 Å². The van der Waals surface area contributed by atoms with Crippen LogP contribution in [0.3, 0.4) is 0 Å². The number of carbonyl (C=O) groups excluding carboxylic acids is 1. The first kappa shape index (κ1) is 12.1. The molecule has 1 saturated carbocycles. The highest BCUT2D eigenvalue weighted by Gasteiger charge is 2.48. The van der Waals surface area contributed by atoms with E-state index in [0.717, 1.165) is 18.6 Å². The number of amides is 1. The molecule has 2 bridgehead atoms. The Kier molecular flexibility index (Phi) is 3.47. The molecule has 17 heavy (non-hydrogen) atoms. The molecule has 2 heterocycles. The summed E-state index contributed by atoms with van der Waals surface area (Å²) in [6.07, 6.45) is 3.44. The summed E-state index contributed by atoms with van der Waals surface area (Å²) in [6, 6.07) is 0. The minimum atomic E-state index is -1.09. The molecule has 3 aliphatic rings. The van der Waals surface area contributed by atoms with Gasteiger partial charge in [0.25, 0.3) is 0 Å². The Bertz CT molecular complexity index is 340. The van der Waals surface area contributed by atoms with Gasteiger partial charge in [-0.1, -0.05) is 0 Å². The standard InChI is InChI=1S/C12H17NO4/c1-2-17-12-8-5-9(12)7-13(6-8)10(14)3-4-11(15)16/h3-4,8-9,12H,2,5-7H2,1H3,(H,15,16)/b4-3+/t8-,9-/m0/s1. The molecule has 5 nitrogen and oxygen atoms in total. The van der Waals surface area contributed by atoms with Crippen molar-refractivity contribution >= 4 is 11.9 Å². The predicted molar refractivity (Wildman–Crippen MR) is 60.4 cm³/mol. The molecule has 1 amide bonds. The van der Waals surface area contributed by atoms with Crippen LogP contribution in [-0.4, -0.2) is 47.7 Å². The number of nitrogens with zero attached hydrogens (tertiary/aromatic N) is 1. The number of carboxylic acid groups (broad SMARTS) is 1. The maximum absolute atomic E-state index is 11.7. The molecule has 1 aliphatic carbocycles.